The van der Waals surface area contributed by atoms with Crippen LogP contribution in [-0.4, -0.2) is 9.66 Å². The van der Waals surface area contributed by atoms with Gasteiger partial charge in [0.1, 0.15) is 11.5 Å². The lowest BCUT2D eigenvalue weighted by molar-refractivity contribution is 0.648. The van der Waals surface area contributed by atoms with Gasteiger partial charge in [0.2, 0.25) is 0 Å². The molecule has 4 heteroatoms. The summed E-state index contributed by atoms with van der Waals surface area (Å²) < 4.78 is 1.57. The fourth-order valence-corrected chi connectivity index (χ4v) is 2.86. The van der Waals surface area contributed by atoms with Crippen LogP contribution in [-0.2, 0) is 0 Å². The third-order valence-electron chi connectivity index (χ3n) is 4.02. The monoisotopic (exact) mass is 256 g/mol. The molecule has 1 heterocycles. The van der Waals surface area contributed by atoms with Crippen molar-refractivity contribution in [2.24, 2.45) is 0 Å². The Morgan fingerprint density at radius 1 is 1.16 bits per heavy atom. The minimum Gasteiger partial charge on any atom is -0.382 e. The van der Waals surface area contributed by atoms with Gasteiger partial charge in [-0.05, 0) is 19.8 Å². The van der Waals surface area contributed by atoms with E-state index in [1.165, 1.54) is 31.2 Å². The molecule has 19 heavy (non-hydrogen) atoms. The van der Waals surface area contributed by atoms with Crippen molar-refractivity contribution in [3.05, 3.63) is 35.7 Å². The highest BCUT2D eigenvalue weighted by Crippen LogP contribution is 2.36. The predicted molar refractivity (Wildman–Crippen MR) is 78.2 cm³/mol. The fraction of sp³-hybridized carbons (Fsp3) is 0.400. The van der Waals surface area contributed by atoms with Gasteiger partial charge in [0.05, 0.1) is 0 Å². The molecule has 1 aromatic carbocycles. The second-order valence-corrected chi connectivity index (χ2v) is 5.42. The van der Waals surface area contributed by atoms with E-state index in [-0.39, 0.29) is 0 Å². The molecule has 1 aliphatic rings. The Morgan fingerprint density at radius 3 is 2.42 bits per heavy atom. The SMILES string of the molecule is Cc1ccc(-c2nc(C3CCCC3)n(N)c2N)cc1. The van der Waals surface area contributed by atoms with Crippen LogP contribution in [0.15, 0.2) is 24.3 Å². The van der Waals surface area contributed by atoms with Crippen molar-refractivity contribution in [3.63, 3.8) is 0 Å². The van der Waals surface area contributed by atoms with Gasteiger partial charge in [-0.1, -0.05) is 42.7 Å². The molecular formula is C15H20N4. The van der Waals surface area contributed by atoms with Crippen LogP contribution in [0.25, 0.3) is 11.3 Å². The largest absolute Gasteiger partial charge is 0.382 e. The molecule has 1 aliphatic carbocycles. The van der Waals surface area contributed by atoms with E-state index in [0.717, 1.165) is 17.1 Å². The van der Waals surface area contributed by atoms with Gasteiger partial charge < -0.3 is 11.6 Å². The molecule has 0 spiro atoms. The number of nitrogens with two attached hydrogens (primary N) is 2. The average molecular weight is 256 g/mol. The second-order valence-electron chi connectivity index (χ2n) is 5.42. The van der Waals surface area contributed by atoms with Crippen molar-refractivity contribution < 1.29 is 0 Å². The molecule has 100 valence electrons. The molecule has 0 bridgehead atoms. The maximum absolute atomic E-state index is 6.12. The number of anilines is 1. The topological polar surface area (TPSA) is 69.9 Å². The first-order chi connectivity index (χ1) is 9.16. The zero-order valence-corrected chi connectivity index (χ0v) is 11.3. The van der Waals surface area contributed by atoms with Crippen LogP contribution in [0.1, 0.15) is 43.0 Å². The highest BCUT2D eigenvalue weighted by Gasteiger charge is 2.24. The number of nitrogen functional groups attached to an aromatic ring is 2. The summed E-state index contributed by atoms with van der Waals surface area (Å²) in [5, 5.41) is 0. The number of aromatic nitrogens is 2. The van der Waals surface area contributed by atoms with E-state index >= 15 is 0 Å². The van der Waals surface area contributed by atoms with Crippen LogP contribution in [0, 0.1) is 6.92 Å². The molecule has 0 radical (unpaired) electrons. The van der Waals surface area contributed by atoms with Crippen LogP contribution in [0.4, 0.5) is 5.82 Å². The summed E-state index contributed by atoms with van der Waals surface area (Å²) in [7, 11) is 0. The molecule has 1 aromatic heterocycles. The summed E-state index contributed by atoms with van der Waals surface area (Å²) in [6, 6.07) is 8.23. The lowest BCUT2D eigenvalue weighted by atomic mass is 10.1. The van der Waals surface area contributed by atoms with Crippen LogP contribution in [0.5, 0.6) is 0 Å². The highest BCUT2D eigenvalue weighted by atomic mass is 15.4. The molecule has 4 nitrogen and oxygen atoms in total. The van der Waals surface area contributed by atoms with Crippen molar-refractivity contribution >= 4 is 5.82 Å². The molecule has 0 saturated heterocycles. The van der Waals surface area contributed by atoms with E-state index in [1.54, 1.807) is 4.68 Å². The maximum atomic E-state index is 6.12. The van der Waals surface area contributed by atoms with Crippen LogP contribution in [0.2, 0.25) is 0 Å². The molecule has 0 unspecified atom stereocenters. The minimum atomic E-state index is 0.464. The zero-order chi connectivity index (χ0) is 13.4. The normalized spacial score (nSPS) is 16.1. The number of imidazole rings is 1. The van der Waals surface area contributed by atoms with Gasteiger partial charge >= 0.3 is 0 Å². The van der Waals surface area contributed by atoms with E-state index < -0.39 is 0 Å². The number of nitrogens with zero attached hydrogens (tertiary/aromatic N) is 2. The van der Waals surface area contributed by atoms with Gasteiger partial charge in [0.15, 0.2) is 5.82 Å². The lowest BCUT2D eigenvalue weighted by Crippen LogP contribution is -2.17. The summed E-state index contributed by atoms with van der Waals surface area (Å²) >= 11 is 0. The number of aryl methyl sites for hydroxylation is 1. The van der Waals surface area contributed by atoms with E-state index in [0.29, 0.717) is 11.7 Å². The molecule has 1 fully saturated rings. The first-order valence-corrected chi connectivity index (χ1v) is 6.87. The van der Waals surface area contributed by atoms with Gasteiger partial charge in [0, 0.05) is 11.5 Å². The second kappa shape index (κ2) is 4.61. The van der Waals surface area contributed by atoms with E-state index in [1.807, 2.05) is 12.1 Å². The molecule has 2 aromatic rings. The van der Waals surface area contributed by atoms with Crippen molar-refractivity contribution in [2.75, 3.05) is 11.6 Å². The molecule has 0 aliphatic heterocycles. The average Bonchev–Trinajstić information content (AvgIpc) is 3.02. The van der Waals surface area contributed by atoms with Crippen molar-refractivity contribution in [1.29, 1.82) is 0 Å². The summed E-state index contributed by atoms with van der Waals surface area (Å²) in [6.45, 7) is 2.07. The first kappa shape index (κ1) is 12.1. The molecule has 3 rings (SSSR count). The fourth-order valence-electron chi connectivity index (χ4n) is 2.86. The van der Waals surface area contributed by atoms with E-state index in [9.17, 15) is 0 Å². The van der Waals surface area contributed by atoms with Gasteiger partial charge in [-0.2, -0.15) is 0 Å². The van der Waals surface area contributed by atoms with Gasteiger partial charge in [0.25, 0.3) is 0 Å². The molecule has 1 saturated carbocycles. The predicted octanol–water partition coefficient (Wildman–Crippen LogP) is 2.81. The Hall–Kier alpha value is -1.97. The van der Waals surface area contributed by atoms with Gasteiger partial charge in [-0.25, -0.2) is 9.66 Å². The van der Waals surface area contributed by atoms with Crippen molar-refractivity contribution in [2.45, 2.75) is 38.5 Å². The lowest BCUT2D eigenvalue weighted by Gasteiger charge is -2.08. The van der Waals surface area contributed by atoms with Crippen molar-refractivity contribution in [3.8, 4) is 11.3 Å². The Balaban J connectivity index is 2.02. The van der Waals surface area contributed by atoms with Gasteiger partial charge in [-0.3, -0.25) is 0 Å². The summed E-state index contributed by atoms with van der Waals surface area (Å²) in [6.07, 6.45) is 4.86. The Morgan fingerprint density at radius 2 is 1.79 bits per heavy atom. The van der Waals surface area contributed by atoms with E-state index in [4.69, 9.17) is 16.6 Å². The first-order valence-electron chi connectivity index (χ1n) is 6.87. The number of hydrogen-bond donors (Lipinski definition) is 2. The third kappa shape index (κ3) is 2.07. The number of rotatable bonds is 2. The quantitative estimate of drug-likeness (QED) is 0.812. The van der Waals surface area contributed by atoms with Gasteiger partial charge in [-0.15, -0.1) is 0 Å². The third-order valence-corrected chi connectivity index (χ3v) is 4.02. The Kier molecular flexibility index (Phi) is 2.93. The molecule has 0 amide bonds. The highest BCUT2D eigenvalue weighted by molar-refractivity contribution is 5.71. The molecule has 4 N–H and O–H groups in total. The zero-order valence-electron chi connectivity index (χ0n) is 11.3. The Bertz CT molecular complexity index is 577. The number of hydrogen-bond acceptors (Lipinski definition) is 3. The molecular weight excluding hydrogens is 236 g/mol. The summed E-state index contributed by atoms with van der Waals surface area (Å²) in [5.74, 6) is 8.04. The minimum absolute atomic E-state index is 0.464. The summed E-state index contributed by atoms with van der Waals surface area (Å²) in [4.78, 5) is 4.70. The standard InChI is InChI=1S/C15H20N4/c1-10-6-8-11(9-7-10)13-14(16)19(17)15(18-13)12-4-2-3-5-12/h6-9,12H,2-5,16-17H2,1H3. The Labute approximate surface area is 113 Å². The smallest absolute Gasteiger partial charge is 0.150 e. The van der Waals surface area contributed by atoms with Crippen LogP contribution < -0.4 is 11.6 Å². The van der Waals surface area contributed by atoms with Crippen molar-refractivity contribution in [1.82, 2.24) is 9.66 Å². The van der Waals surface area contributed by atoms with Crippen LogP contribution in [0.3, 0.4) is 0 Å². The van der Waals surface area contributed by atoms with E-state index in [2.05, 4.69) is 19.1 Å². The maximum Gasteiger partial charge on any atom is 0.150 e. The molecule has 0 atom stereocenters. The number of benzene rings is 1. The van der Waals surface area contributed by atoms with Crippen LogP contribution >= 0.6 is 0 Å². The summed E-state index contributed by atoms with van der Waals surface area (Å²) in [5.41, 5.74) is 9.19.